The average molecular weight is 272 g/mol. The number of oxime groups is 1. The molecule has 1 N–H and O–H groups in total. The standard InChI is InChI=1S/C10H12N2O5S/c13-10(17-9-5-3-7-18-9)8(11-14)4-1-2-6-12(15)16/h3,5,7,14H,1-2,4,6H2/b11-8+. The van der Waals surface area contributed by atoms with E-state index in [0.717, 1.165) is 0 Å². The minimum atomic E-state index is -0.735. The number of ether oxygens (including phenoxy) is 1. The van der Waals surface area contributed by atoms with Crippen molar-refractivity contribution in [2.75, 3.05) is 6.54 Å². The molecule has 0 spiro atoms. The van der Waals surface area contributed by atoms with Gasteiger partial charge in [-0.05, 0) is 23.9 Å². The second kappa shape index (κ2) is 7.38. The van der Waals surface area contributed by atoms with Gasteiger partial charge in [-0.2, -0.15) is 0 Å². The first-order chi connectivity index (χ1) is 8.63. The number of esters is 1. The Morgan fingerprint density at radius 2 is 2.33 bits per heavy atom. The van der Waals surface area contributed by atoms with E-state index >= 15 is 0 Å². The Morgan fingerprint density at radius 3 is 2.89 bits per heavy atom. The molecule has 0 aliphatic rings. The molecule has 0 radical (unpaired) electrons. The molecule has 0 saturated carbocycles. The molecule has 0 unspecified atom stereocenters. The van der Waals surface area contributed by atoms with Gasteiger partial charge in [0, 0.05) is 17.8 Å². The van der Waals surface area contributed by atoms with Gasteiger partial charge in [-0.3, -0.25) is 10.1 Å². The zero-order valence-corrected chi connectivity index (χ0v) is 10.3. The lowest BCUT2D eigenvalue weighted by molar-refractivity contribution is -0.480. The normalized spacial score (nSPS) is 11.2. The number of nitrogens with zero attached hydrogens (tertiary/aromatic N) is 2. The van der Waals surface area contributed by atoms with Gasteiger partial charge < -0.3 is 9.94 Å². The zero-order valence-electron chi connectivity index (χ0n) is 9.44. The third-order valence-electron chi connectivity index (χ3n) is 2.05. The van der Waals surface area contributed by atoms with Crippen LogP contribution in [-0.4, -0.2) is 28.4 Å². The maximum absolute atomic E-state index is 11.5. The fourth-order valence-electron chi connectivity index (χ4n) is 1.20. The molecule has 1 rings (SSSR count). The molecule has 0 aliphatic heterocycles. The third-order valence-corrected chi connectivity index (χ3v) is 2.79. The molecule has 1 aromatic rings. The third kappa shape index (κ3) is 4.91. The van der Waals surface area contributed by atoms with Gasteiger partial charge in [0.05, 0.1) is 0 Å². The molecule has 7 nitrogen and oxygen atoms in total. The lowest BCUT2D eigenvalue weighted by Crippen LogP contribution is -2.20. The van der Waals surface area contributed by atoms with Gasteiger partial charge in [-0.1, -0.05) is 5.16 Å². The summed E-state index contributed by atoms with van der Waals surface area (Å²) in [6.07, 6.45) is 0.854. The first-order valence-corrected chi connectivity index (χ1v) is 6.10. The van der Waals surface area contributed by atoms with Crippen LogP contribution in [0, 0.1) is 10.1 Å². The fraction of sp³-hybridized carbons (Fsp3) is 0.400. The van der Waals surface area contributed by atoms with Crippen molar-refractivity contribution in [1.29, 1.82) is 0 Å². The van der Waals surface area contributed by atoms with Gasteiger partial charge in [-0.15, -0.1) is 11.3 Å². The molecule has 0 bridgehead atoms. The Hall–Kier alpha value is -1.96. The predicted octanol–water partition coefficient (Wildman–Crippen LogP) is 1.93. The van der Waals surface area contributed by atoms with Crippen LogP contribution in [0.1, 0.15) is 19.3 Å². The highest BCUT2D eigenvalue weighted by Crippen LogP contribution is 2.18. The number of thiophene rings is 1. The van der Waals surface area contributed by atoms with Gasteiger partial charge in [0.1, 0.15) is 0 Å². The van der Waals surface area contributed by atoms with E-state index in [4.69, 9.17) is 9.94 Å². The van der Waals surface area contributed by atoms with Crippen molar-refractivity contribution in [1.82, 2.24) is 0 Å². The minimum Gasteiger partial charge on any atom is -0.411 e. The highest BCUT2D eigenvalue weighted by Gasteiger charge is 2.15. The second-order valence-corrected chi connectivity index (χ2v) is 4.29. The molecular weight excluding hydrogens is 260 g/mol. The SMILES string of the molecule is O=C(Oc1cccs1)/C(CCCC[N+](=O)[O-])=N/O. The summed E-state index contributed by atoms with van der Waals surface area (Å²) >= 11 is 1.24. The Balaban J connectivity index is 2.36. The van der Waals surface area contributed by atoms with Crippen LogP contribution >= 0.6 is 11.3 Å². The van der Waals surface area contributed by atoms with Crippen molar-refractivity contribution < 1.29 is 19.7 Å². The molecule has 18 heavy (non-hydrogen) atoms. The fourth-order valence-corrected chi connectivity index (χ4v) is 1.77. The van der Waals surface area contributed by atoms with Crippen molar-refractivity contribution in [3.8, 4) is 5.06 Å². The molecule has 0 saturated heterocycles. The average Bonchev–Trinajstić information content (AvgIpc) is 2.81. The van der Waals surface area contributed by atoms with Crippen molar-refractivity contribution in [2.24, 2.45) is 5.16 Å². The molecule has 0 fully saturated rings. The van der Waals surface area contributed by atoms with Crippen LogP contribution in [0.15, 0.2) is 22.7 Å². The molecular formula is C10H12N2O5S. The Labute approximate surface area is 107 Å². The van der Waals surface area contributed by atoms with Gasteiger partial charge in [0.25, 0.3) is 0 Å². The highest BCUT2D eigenvalue weighted by molar-refractivity contribution is 7.11. The van der Waals surface area contributed by atoms with Crippen molar-refractivity contribution in [2.45, 2.75) is 19.3 Å². The molecule has 0 amide bonds. The van der Waals surface area contributed by atoms with E-state index in [2.05, 4.69) is 5.16 Å². The van der Waals surface area contributed by atoms with E-state index in [0.29, 0.717) is 17.9 Å². The van der Waals surface area contributed by atoms with Crippen LogP contribution in [0.5, 0.6) is 5.06 Å². The second-order valence-electron chi connectivity index (χ2n) is 3.38. The van der Waals surface area contributed by atoms with Gasteiger partial charge in [-0.25, -0.2) is 4.79 Å². The Kier molecular flexibility index (Phi) is 5.78. The Bertz CT molecular complexity index is 429. The topological polar surface area (TPSA) is 102 Å². The number of hydrogen-bond acceptors (Lipinski definition) is 7. The van der Waals surface area contributed by atoms with Crippen molar-refractivity contribution in [3.05, 3.63) is 27.6 Å². The molecule has 0 aliphatic carbocycles. The molecule has 0 atom stereocenters. The maximum Gasteiger partial charge on any atom is 0.362 e. The van der Waals surface area contributed by atoms with Crippen LogP contribution in [-0.2, 0) is 4.79 Å². The van der Waals surface area contributed by atoms with E-state index in [1.165, 1.54) is 11.3 Å². The number of nitro groups is 1. The summed E-state index contributed by atoms with van der Waals surface area (Å²) in [5.74, 6) is -0.735. The lowest BCUT2D eigenvalue weighted by atomic mass is 10.1. The number of hydrogen-bond donors (Lipinski definition) is 1. The molecule has 98 valence electrons. The van der Waals surface area contributed by atoms with Gasteiger partial charge in [0.15, 0.2) is 10.8 Å². The first-order valence-electron chi connectivity index (χ1n) is 5.22. The Morgan fingerprint density at radius 1 is 1.56 bits per heavy atom. The largest absolute Gasteiger partial charge is 0.411 e. The van der Waals surface area contributed by atoms with Gasteiger partial charge in [0.2, 0.25) is 6.54 Å². The predicted molar refractivity (Wildman–Crippen MR) is 64.9 cm³/mol. The summed E-state index contributed by atoms with van der Waals surface area (Å²) in [7, 11) is 0. The highest BCUT2D eigenvalue weighted by atomic mass is 32.1. The van der Waals surface area contributed by atoms with E-state index in [1.54, 1.807) is 17.5 Å². The van der Waals surface area contributed by atoms with Crippen LogP contribution < -0.4 is 4.74 Å². The molecule has 8 heteroatoms. The summed E-state index contributed by atoms with van der Waals surface area (Å²) in [6, 6.07) is 3.34. The van der Waals surface area contributed by atoms with Crippen LogP contribution in [0.4, 0.5) is 0 Å². The summed E-state index contributed by atoms with van der Waals surface area (Å²) in [4.78, 5) is 21.2. The summed E-state index contributed by atoms with van der Waals surface area (Å²) in [5.41, 5.74) is -0.133. The van der Waals surface area contributed by atoms with E-state index in [1.807, 2.05) is 0 Å². The minimum absolute atomic E-state index is 0.133. The summed E-state index contributed by atoms with van der Waals surface area (Å²) in [5, 5.41) is 23.8. The number of unbranched alkanes of at least 4 members (excludes halogenated alkanes) is 1. The monoisotopic (exact) mass is 272 g/mol. The van der Waals surface area contributed by atoms with Crippen molar-refractivity contribution in [3.63, 3.8) is 0 Å². The van der Waals surface area contributed by atoms with Gasteiger partial charge >= 0.3 is 5.97 Å². The number of carbonyl (C=O) groups excluding carboxylic acids is 1. The molecule has 1 aromatic heterocycles. The summed E-state index contributed by atoms with van der Waals surface area (Å²) in [6.45, 7) is -0.168. The number of rotatable bonds is 7. The first kappa shape index (κ1) is 14.1. The smallest absolute Gasteiger partial charge is 0.362 e. The van der Waals surface area contributed by atoms with Crippen LogP contribution in [0.25, 0.3) is 0 Å². The maximum atomic E-state index is 11.5. The molecule has 0 aromatic carbocycles. The lowest BCUT2D eigenvalue weighted by Gasteiger charge is -2.02. The van der Waals surface area contributed by atoms with E-state index < -0.39 is 10.9 Å². The van der Waals surface area contributed by atoms with Crippen LogP contribution in [0.2, 0.25) is 0 Å². The van der Waals surface area contributed by atoms with E-state index in [9.17, 15) is 14.9 Å². The van der Waals surface area contributed by atoms with E-state index in [-0.39, 0.29) is 18.7 Å². The quantitative estimate of drug-likeness (QED) is 0.204. The zero-order chi connectivity index (χ0) is 13.4. The van der Waals surface area contributed by atoms with Crippen molar-refractivity contribution >= 4 is 23.0 Å². The molecule has 1 heterocycles. The number of carbonyl (C=O) groups is 1. The summed E-state index contributed by atoms with van der Waals surface area (Å²) < 4.78 is 4.94. The van der Waals surface area contributed by atoms with Crippen LogP contribution in [0.3, 0.4) is 0 Å².